The number of hydrogen-bond donors (Lipinski definition) is 1. The predicted octanol–water partition coefficient (Wildman–Crippen LogP) is 5.80. The van der Waals surface area contributed by atoms with E-state index in [1.54, 1.807) is 0 Å². The van der Waals surface area contributed by atoms with Gasteiger partial charge in [0.2, 0.25) is 0 Å². The monoisotopic (exact) mass is 410 g/mol. The molecule has 0 aliphatic carbocycles. The van der Waals surface area contributed by atoms with Crippen LogP contribution in [0.5, 0.6) is 0 Å². The fourth-order valence-corrected chi connectivity index (χ4v) is 3.83. The van der Waals surface area contributed by atoms with Gasteiger partial charge in [0, 0.05) is 16.6 Å². The lowest BCUT2D eigenvalue weighted by Crippen LogP contribution is -2.43. The van der Waals surface area contributed by atoms with E-state index in [0.29, 0.717) is 17.3 Å². The average molecular weight is 411 g/mol. The summed E-state index contributed by atoms with van der Waals surface area (Å²) in [5.74, 6) is -0.0344. The summed E-state index contributed by atoms with van der Waals surface area (Å²) in [6, 6.07) is 21.7. The Labute approximate surface area is 174 Å². The molecule has 1 aliphatic heterocycles. The van der Waals surface area contributed by atoms with E-state index in [9.17, 15) is 4.79 Å². The zero-order valence-electron chi connectivity index (χ0n) is 15.3. The van der Waals surface area contributed by atoms with Crippen molar-refractivity contribution in [3.63, 3.8) is 0 Å². The fraction of sp³-hybridized carbons (Fsp3) is 0.174. The zero-order valence-corrected chi connectivity index (χ0v) is 16.8. The SMILES string of the molecule is O=C1NCN(CCCc2ccc(Cl)cc2)c2ccc(-c3cccc(Cl)c3)cc21. The van der Waals surface area contributed by atoms with Crippen LogP contribution < -0.4 is 10.2 Å². The minimum atomic E-state index is -0.0344. The normalized spacial score (nSPS) is 13.2. The lowest BCUT2D eigenvalue weighted by atomic mass is 9.99. The third-order valence-corrected chi connectivity index (χ3v) is 5.46. The second-order valence-electron chi connectivity index (χ2n) is 6.90. The van der Waals surface area contributed by atoms with Gasteiger partial charge in [0.15, 0.2) is 0 Å². The van der Waals surface area contributed by atoms with Crippen molar-refractivity contribution in [2.24, 2.45) is 0 Å². The number of carbonyl (C=O) groups is 1. The van der Waals surface area contributed by atoms with Gasteiger partial charge in [0.25, 0.3) is 5.91 Å². The summed E-state index contributed by atoms with van der Waals surface area (Å²) in [5.41, 5.74) is 4.94. The topological polar surface area (TPSA) is 32.3 Å². The summed E-state index contributed by atoms with van der Waals surface area (Å²) in [6.45, 7) is 1.40. The van der Waals surface area contributed by atoms with Crippen LogP contribution in [0.3, 0.4) is 0 Å². The number of rotatable bonds is 5. The van der Waals surface area contributed by atoms with Crippen molar-refractivity contribution in [3.8, 4) is 11.1 Å². The molecule has 5 heteroatoms. The highest BCUT2D eigenvalue weighted by atomic mass is 35.5. The van der Waals surface area contributed by atoms with E-state index in [0.717, 1.165) is 41.2 Å². The van der Waals surface area contributed by atoms with Gasteiger partial charge in [-0.15, -0.1) is 0 Å². The van der Waals surface area contributed by atoms with E-state index in [-0.39, 0.29) is 5.91 Å². The van der Waals surface area contributed by atoms with Crippen LogP contribution in [-0.2, 0) is 6.42 Å². The van der Waals surface area contributed by atoms with E-state index in [1.165, 1.54) is 5.56 Å². The van der Waals surface area contributed by atoms with Crippen molar-refractivity contribution in [2.45, 2.75) is 12.8 Å². The van der Waals surface area contributed by atoms with Crippen LogP contribution >= 0.6 is 23.2 Å². The molecule has 0 spiro atoms. The summed E-state index contributed by atoms with van der Waals surface area (Å²) in [5, 5.41) is 4.42. The second-order valence-corrected chi connectivity index (χ2v) is 7.77. The lowest BCUT2D eigenvalue weighted by Gasteiger charge is -2.31. The summed E-state index contributed by atoms with van der Waals surface area (Å²) in [4.78, 5) is 14.6. The van der Waals surface area contributed by atoms with Crippen molar-refractivity contribution in [1.82, 2.24) is 5.32 Å². The number of nitrogens with one attached hydrogen (secondary N) is 1. The number of hydrogen-bond acceptors (Lipinski definition) is 2. The van der Waals surface area contributed by atoms with Crippen LogP contribution in [0.15, 0.2) is 66.7 Å². The molecule has 0 saturated heterocycles. The van der Waals surface area contributed by atoms with Gasteiger partial charge in [-0.1, -0.05) is 53.5 Å². The van der Waals surface area contributed by atoms with Crippen LogP contribution in [0.25, 0.3) is 11.1 Å². The minimum Gasteiger partial charge on any atom is -0.353 e. The van der Waals surface area contributed by atoms with Crippen molar-refractivity contribution in [2.75, 3.05) is 18.1 Å². The zero-order chi connectivity index (χ0) is 19.5. The number of halogens is 2. The molecule has 0 atom stereocenters. The maximum absolute atomic E-state index is 12.4. The van der Waals surface area contributed by atoms with Crippen molar-refractivity contribution in [3.05, 3.63) is 87.9 Å². The number of fused-ring (bicyclic) bond motifs is 1. The number of benzene rings is 3. The molecule has 0 bridgehead atoms. The van der Waals surface area contributed by atoms with Crippen LogP contribution in [-0.4, -0.2) is 19.1 Å². The molecule has 3 aromatic carbocycles. The molecule has 1 amide bonds. The van der Waals surface area contributed by atoms with Crippen LogP contribution in [0.4, 0.5) is 5.69 Å². The third-order valence-electron chi connectivity index (χ3n) is 4.98. The highest BCUT2D eigenvalue weighted by Gasteiger charge is 2.22. The Hall–Kier alpha value is -2.49. The van der Waals surface area contributed by atoms with E-state index in [2.05, 4.69) is 28.4 Å². The summed E-state index contributed by atoms with van der Waals surface area (Å²) < 4.78 is 0. The van der Waals surface area contributed by atoms with Gasteiger partial charge in [-0.05, 0) is 65.9 Å². The van der Waals surface area contributed by atoms with E-state index < -0.39 is 0 Å². The average Bonchev–Trinajstić information content (AvgIpc) is 2.71. The number of anilines is 1. The molecule has 0 radical (unpaired) electrons. The lowest BCUT2D eigenvalue weighted by molar-refractivity contribution is 0.0947. The van der Waals surface area contributed by atoms with Crippen LogP contribution in [0, 0.1) is 0 Å². The van der Waals surface area contributed by atoms with Gasteiger partial charge >= 0.3 is 0 Å². The molecule has 0 aromatic heterocycles. The molecule has 142 valence electrons. The first kappa shape index (κ1) is 18.9. The Balaban J connectivity index is 1.50. The third kappa shape index (κ3) is 4.16. The highest BCUT2D eigenvalue weighted by molar-refractivity contribution is 6.31. The predicted molar refractivity (Wildman–Crippen MR) is 116 cm³/mol. The number of nitrogens with zero attached hydrogens (tertiary/aromatic N) is 1. The van der Waals surface area contributed by atoms with Gasteiger partial charge in [-0.25, -0.2) is 0 Å². The molecule has 0 unspecified atom stereocenters. The Morgan fingerprint density at radius 3 is 2.46 bits per heavy atom. The molecule has 0 saturated carbocycles. The number of amides is 1. The minimum absolute atomic E-state index is 0.0344. The molecule has 3 nitrogen and oxygen atoms in total. The number of aryl methyl sites for hydroxylation is 1. The van der Waals surface area contributed by atoms with Crippen LogP contribution in [0.2, 0.25) is 10.0 Å². The smallest absolute Gasteiger partial charge is 0.254 e. The quantitative estimate of drug-likeness (QED) is 0.576. The first-order valence-electron chi connectivity index (χ1n) is 9.28. The largest absolute Gasteiger partial charge is 0.353 e. The van der Waals surface area contributed by atoms with Gasteiger partial charge in [0.1, 0.15) is 0 Å². The Kier molecular flexibility index (Phi) is 5.56. The highest BCUT2D eigenvalue weighted by Crippen LogP contribution is 2.30. The standard InChI is InChI=1S/C23H20Cl2N2O/c24-19-9-6-16(7-10-19)3-2-12-27-15-26-23(28)21-14-18(8-11-22(21)27)17-4-1-5-20(25)13-17/h1,4-11,13-14H,2-3,12,15H2,(H,26,28). The molecular formula is C23H20Cl2N2O. The summed E-state index contributed by atoms with van der Waals surface area (Å²) in [7, 11) is 0. The molecule has 4 rings (SSSR count). The van der Waals surface area contributed by atoms with Crippen LogP contribution in [0.1, 0.15) is 22.3 Å². The van der Waals surface area contributed by atoms with Gasteiger partial charge in [0.05, 0.1) is 17.9 Å². The Morgan fingerprint density at radius 2 is 1.68 bits per heavy atom. The fourth-order valence-electron chi connectivity index (χ4n) is 3.51. The van der Waals surface area contributed by atoms with Crippen molar-refractivity contribution < 1.29 is 4.79 Å². The molecule has 1 aliphatic rings. The summed E-state index contributed by atoms with van der Waals surface area (Å²) in [6.07, 6.45) is 1.96. The van der Waals surface area contributed by atoms with Gasteiger partial charge in [-0.2, -0.15) is 0 Å². The van der Waals surface area contributed by atoms with Gasteiger partial charge in [-0.3, -0.25) is 4.79 Å². The van der Waals surface area contributed by atoms with Crippen molar-refractivity contribution >= 4 is 34.8 Å². The first-order valence-corrected chi connectivity index (χ1v) is 10.0. The second kappa shape index (κ2) is 8.26. The molecular weight excluding hydrogens is 391 g/mol. The maximum atomic E-state index is 12.4. The first-order chi connectivity index (χ1) is 13.6. The van der Waals surface area contributed by atoms with E-state index in [4.69, 9.17) is 23.2 Å². The Morgan fingerprint density at radius 1 is 0.893 bits per heavy atom. The van der Waals surface area contributed by atoms with E-state index >= 15 is 0 Å². The molecule has 1 heterocycles. The van der Waals surface area contributed by atoms with Gasteiger partial charge < -0.3 is 10.2 Å². The maximum Gasteiger partial charge on any atom is 0.254 e. The molecule has 3 aromatic rings. The number of carbonyl (C=O) groups excluding carboxylic acids is 1. The molecule has 0 fully saturated rings. The Bertz CT molecular complexity index is 1000. The summed E-state index contributed by atoms with van der Waals surface area (Å²) >= 11 is 12.1. The van der Waals surface area contributed by atoms with Crippen molar-refractivity contribution in [1.29, 1.82) is 0 Å². The van der Waals surface area contributed by atoms with E-state index in [1.807, 2.05) is 48.5 Å². The molecule has 28 heavy (non-hydrogen) atoms. The molecule has 1 N–H and O–H groups in total.